The maximum Gasteiger partial charge on any atom is 0.248 e. The highest BCUT2D eigenvalue weighted by atomic mass is 32.1. The molecule has 0 radical (unpaired) electrons. The van der Waals surface area contributed by atoms with Crippen LogP contribution in [0.1, 0.15) is 30.2 Å². The Kier molecular flexibility index (Phi) is 4.79. The van der Waals surface area contributed by atoms with Gasteiger partial charge in [-0.05, 0) is 42.0 Å². The minimum absolute atomic E-state index is 0.0690. The van der Waals surface area contributed by atoms with Crippen LogP contribution in [0.25, 0.3) is 11.5 Å². The number of rotatable bonds is 4. The Labute approximate surface area is 154 Å². The molecule has 0 N–H and O–H groups in total. The van der Waals surface area contributed by atoms with Crippen LogP contribution in [-0.4, -0.2) is 34.1 Å². The lowest BCUT2D eigenvalue weighted by Gasteiger charge is -2.30. The van der Waals surface area contributed by atoms with Crippen molar-refractivity contribution in [1.29, 1.82) is 0 Å². The van der Waals surface area contributed by atoms with Crippen molar-refractivity contribution in [3.8, 4) is 11.5 Å². The number of halogens is 1. The molecule has 1 aliphatic rings. The SMILES string of the molecule is O=C(Cc1ccc(F)cc1)N1CCC(c2nnc(-c3ccsc3)o2)CC1. The first-order valence-electron chi connectivity index (χ1n) is 8.57. The minimum atomic E-state index is -0.289. The lowest BCUT2D eigenvalue weighted by atomic mass is 9.96. The average molecular weight is 371 g/mol. The molecule has 1 aliphatic heterocycles. The Balaban J connectivity index is 1.33. The van der Waals surface area contributed by atoms with Crippen LogP contribution in [-0.2, 0) is 11.2 Å². The molecular formula is C19H18FN3O2S. The zero-order valence-corrected chi connectivity index (χ0v) is 14.9. The van der Waals surface area contributed by atoms with E-state index in [9.17, 15) is 9.18 Å². The average Bonchev–Trinajstić information content (AvgIpc) is 3.35. The van der Waals surface area contributed by atoms with E-state index in [4.69, 9.17) is 4.42 Å². The van der Waals surface area contributed by atoms with Gasteiger partial charge in [0.2, 0.25) is 17.7 Å². The quantitative estimate of drug-likeness (QED) is 0.698. The van der Waals surface area contributed by atoms with Crippen LogP contribution < -0.4 is 0 Å². The summed E-state index contributed by atoms with van der Waals surface area (Å²) in [7, 11) is 0. The summed E-state index contributed by atoms with van der Waals surface area (Å²) in [4.78, 5) is 14.3. The van der Waals surface area contributed by atoms with Gasteiger partial charge in [-0.3, -0.25) is 4.79 Å². The van der Waals surface area contributed by atoms with Gasteiger partial charge in [-0.15, -0.1) is 10.2 Å². The van der Waals surface area contributed by atoms with Gasteiger partial charge in [-0.1, -0.05) is 12.1 Å². The molecule has 0 spiro atoms. The molecule has 3 aromatic rings. The second kappa shape index (κ2) is 7.37. The molecule has 5 nitrogen and oxygen atoms in total. The predicted octanol–water partition coefficient (Wildman–Crippen LogP) is 3.89. The Hall–Kier alpha value is -2.54. The summed E-state index contributed by atoms with van der Waals surface area (Å²) in [5, 5.41) is 12.3. The summed E-state index contributed by atoms with van der Waals surface area (Å²) < 4.78 is 18.8. The molecule has 1 fully saturated rings. The largest absolute Gasteiger partial charge is 0.420 e. The maximum atomic E-state index is 13.0. The molecule has 0 bridgehead atoms. The molecule has 2 aromatic heterocycles. The fraction of sp³-hybridized carbons (Fsp3) is 0.316. The van der Waals surface area contributed by atoms with Crippen LogP contribution in [0.2, 0.25) is 0 Å². The maximum absolute atomic E-state index is 13.0. The molecule has 1 amide bonds. The Bertz CT molecular complexity index is 869. The van der Waals surface area contributed by atoms with Gasteiger partial charge in [0.25, 0.3) is 0 Å². The normalized spacial score (nSPS) is 15.3. The van der Waals surface area contributed by atoms with Gasteiger partial charge in [0, 0.05) is 30.0 Å². The van der Waals surface area contributed by atoms with E-state index in [2.05, 4.69) is 10.2 Å². The van der Waals surface area contributed by atoms with E-state index in [1.165, 1.54) is 12.1 Å². The van der Waals surface area contributed by atoms with Crippen molar-refractivity contribution >= 4 is 17.2 Å². The van der Waals surface area contributed by atoms with E-state index in [0.717, 1.165) is 24.0 Å². The molecule has 1 saturated heterocycles. The summed E-state index contributed by atoms with van der Waals surface area (Å²) in [5.74, 6) is 1.17. The molecular weight excluding hydrogens is 353 g/mol. The summed E-state index contributed by atoms with van der Waals surface area (Å²) in [6.07, 6.45) is 1.91. The minimum Gasteiger partial charge on any atom is -0.420 e. The second-order valence-corrected chi connectivity index (χ2v) is 7.20. The standard InChI is InChI=1S/C19H18FN3O2S/c20-16-3-1-13(2-4-16)11-17(24)23-8-5-14(6-9-23)18-21-22-19(25-18)15-7-10-26-12-15/h1-4,7,10,12,14H,5-6,8-9,11H2. The molecule has 0 unspecified atom stereocenters. The number of carbonyl (C=O) groups is 1. The molecule has 0 atom stereocenters. The second-order valence-electron chi connectivity index (χ2n) is 6.42. The third-order valence-corrected chi connectivity index (χ3v) is 5.36. The van der Waals surface area contributed by atoms with Crippen LogP contribution in [0.3, 0.4) is 0 Å². The summed E-state index contributed by atoms with van der Waals surface area (Å²) in [6, 6.07) is 8.04. The Morgan fingerprint density at radius 1 is 1.19 bits per heavy atom. The molecule has 134 valence electrons. The molecule has 0 saturated carbocycles. The van der Waals surface area contributed by atoms with E-state index in [1.54, 1.807) is 23.5 Å². The van der Waals surface area contributed by atoms with Gasteiger partial charge >= 0.3 is 0 Å². The predicted molar refractivity (Wildman–Crippen MR) is 96.3 cm³/mol. The van der Waals surface area contributed by atoms with E-state index < -0.39 is 0 Å². The number of hydrogen-bond donors (Lipinski definition) is 0. The van der Waals surface area contributed by atoms with Gasteiger partial charge in [0.15, 0.2) is 0 Å². The number of piperidine rings is 1. The molecule has 7 heteroatoms. The van der Waals surface area contributed by atoms with E-state index in [1.807, 2.05) is 21.7 Å². The summed E-state index contributed by atoms with van der Waals surface area (Å²) in [6.45, 7) is 1.34. The van der Waals surface area contributed by atoms with Crippen molar-refractivity contribution < 1.29 is 13.6 Å². The van der Waals surface area contributed by atoms with E-state index in [0.29, 0.717) is 31.3 Å². The monoisotopic (exact) mass is 371 g/mol. The number of likely N-dealkylation sites (tertiary alicyclic amines) is 1. The fourth-order valence-electron chi connectivity index (χ4n) is 3.17. The number of nitrogens with zero attached hydrogens (tertiary/aromatic N) is 3. The first kappa shape index (κ1) is 16.9. The molecule has 3 heterocycles. The zero-order chi connectivity index (χ0) is 17.9. The lowest BCUT2D eigenvalue weighted by Crippen LogP contribution is -2.38. The number of thiophene rings is 1. The Morgan fingerprint density at radius 3 is 2.65 bits per heavy atom. The summed E-state index contributed by atoms with van der Waals surface area (Å²) in [5.41, 5.74) is 1.77. The molecule has 1 aromatic carbocycles. The van der Waals surface area contributed by atoms with Crippen LogP contribution in [0, 0.1) is 5.82 Å². The summed E-state index contributed by atoms with van der Waals surface area (Å²) >= 11 is 1.59. The van der Waals surface area contributed by atoms with Crippen LogP contribution in [0.15, 0.2) is 45.5 Å². The van der Waals surface area contributed by atoms with Crippen LogP contribution >= 0.6 is 11.3 Å². The highest BCUT2D eigenvalue weighted by Gasteiger charge is 2.27. The zero-order valence-electron chi connectivity index (χ0n) is 14.1. The van der Waals surface area contributed by atoms with E-state index in [-0.39, 0.29) is 17.6 Å². The van der Waals surface area contributed by atoms with Crippen molar-refractivity contribution in [2.45, 2.75) is 25.2 Å². The van der Waals surface area contributed by atoms with Crippen molar-refractivity contribution in [2.75, 3.05) is 13.1 Å². The van der Waals surface area contributed by atoms with E-state index >= 15 is 0 Å². The Morgan fingerprint density at radius 2 is 1.96 bits per heavy atom. The highest BCUT2D eigenvalue weighted by molar-refractivity contribution is 7.08. The van der Waals surface area contributed by atoms with Crippen LogP contribution in [0.5, 0.6) is 0 Å². The van der Waals surface area contributed by atoms with Gasteiger partial charge in [0.05, 0.1) is 6.42 Å². The van der Waals surface area contributed by atoms with Gasteiger partial charge in [0.1, 0.15) is 5.82 Å². The highest BCUT2D eigenvalue weighted by Crippen LogP contribution is 2.30. The van der Waals surface area contributed by atoms with Crippen molar-refractivity contribution in [3.05, 3.63) is 58.4 Å². The van der Waals surface area contributed by atoms with Crippen molar-refractivity contribution in [1.82, 2.24) is 15.1 Å². The smallest absolute Gasteiger partial charge is 0.248 e. The first-order chi connectivity index (χ1) is 12.7. The number of aromatic nitrogens is 2. The number of amides is 1. The van der Waals surface area contributed by atoms with Gasteiger partial charge in [-0.2, -0.15) is 11.3 Å². The van der Waals surface area contributed by atoms with Gasteiger partial charge < -0.3 is 9.32 Å². The third-order valence-electron chi connectivity index (χ3n) is 4.67. The van der Waals surface area contributed by atoms with Crippen LogP contribution in [0.4, 0.5) is 4.39 Å². The van der Waals surface area contributed by atoms with Crippen molar-refractivity contribution in [3.63, 3.8) is 0 Å². The number of benzene rings is 1. The van der Waals surface area contributed by atoms with Crippen molar-refractivity contribution in [2.24, 2.45) is 0 Å². The molecule has 0 aliphatic carbocycles. The molecule has 4 rings (SSSR count). The number of hydrogen-bond acceptors (Lipinski definition) is 5. The molecule has 26 heavy (non-hydrogen) atoms. The van der Waals surface area contributed by atoms with Gasteiger partial charge in [-0.25, -0.2) is 4.39 Å². The number of carbonyl (C=O) groups excluding carboxylic acids is 1. The third kappa shape index (κ3) is 3.67. The lowest BCUT2D eigenvalue weighted by molar-refractivity contribution is -0.131. The first-order valence-corrected chi connectivity index (χ1v) is 9.51. The fourth-order valence-corrected chi connectivity index (χ4v) is 3.80. The topological polar surface area (TPSA) is 59.2 Å².